The normalized spacial score (nSPS) is 10.7. The van der Waals surface area contributed by atoms with Crippen molar-refractivity contribution in [3.05, 3.63) is 57.0 Å². The van der Waals surface area contributed by atoms with Crippen molar-refractivity contribution >= 4 is 39.7 Å². The zero-order valence-corrected chi connectivity index (χ0v) is 14.6. The largest absolute Gasteiger partial charge is 0.507 e. The molecule has 0 saturated heterocycles. The molecule has 2 rings (SSSR count). The molecule has 0 aliphatic carbocycles. The maximum atomic E-state index is 11.7. The lowest BCUT2D eigenvalue weighted by molar-refractivity contribution is -0.123. The van der Waals surface area contributed by atoms with E-state index in [1.165, 1.54) is 12.3 Å². The minimum absolute atomic E-state index is 0.0687. The second-order valence-electron chi connectivity index (χ2n) is 4.69. The predicted octanol–water partition coefficient (Wildman–Crippen LogP) is 3.65. The van der Waals surface area contributed by atoms with Gasteiger partial charge in [-0.1, -0.05) is 27.5 Å². The van der Waals surface area contributed by atoms with Gasteiger partial charge in [0.15, 0.2) is 6.61 Å². The number of halogens is 2. The zero-order chi connectivity index (χ0) is 16.8. The summed E-state index contributed by atoms with van der Waals surface area (Å²) in [5.74, 6) is 0.238. The molecule has 0 unspecified atom stereocenters. The molecule has 7 heteroatoms. The van der Waals surface area contributed by atoms with Crippen LogP contribution in [0.5, 0.6) is 11.5 Å². The van der Waals surface area contributed by atoms with Crippen molar-refractivity contribution in [2.45, 2.75) is 6.92 Å². The number of carbonyl (C=O) groups is 1. The van der Waals surface area contributed by atoms with Crippen molar-refractivity contribution in [2.75, 3.05) is 6.61 Å². The Labute approximate surface area is 147 Å². The van der Waals surface area contributed by atoms with Crippen LogP contribution in [0.15, 0.2) is 46.0 Å². The molecule has 5 nitrogen and oxygen atoms in total. The summed E-state index contributed by atoms with van der Waals surface area (Å²) in [6, 6.07) is 10.1. The number of amides is 1. The van der Waals surface area contributed by atoms with Crippen LogP contribution >= 0.6 is 27.5 Å². The van der Waals surface area contributed by atoms with Gasteiger partial charge in [0.25, 0.3) is 5.91 Å². The van der Waals surface area contributed by atoms with Gasteiger partial charge in [-0.05, 0) is 48.9 Å². The van der Waals surface area contributed by atoms with E-state index in [-0.39, 0.29) is 12.4 Å². The number of nitrogens with zero attached hydrogens (tertiary/aromatic N) is 1. The summed E-state index contributed by atoms with van der Waals surface area (Å²) in [7, 11) is 0. The van der Waals surface area contributed by atoms with Gasteiger partial charge in [0.05, 0.1) is 6.21 Å². The van der Waals surface area contributed by atoms with Crippen LogP contribution < -0.4 is 10.2 Å². The highest BCUT2D eigenvalue weighted by Gasteiger charge is 2.05. The summed E-state index contributed by atoms with van der Waals surface area (Å²) in [6.45, 7) is 1.66. The molecule has 0 fully saturated rings. The maximum absolute atomic E-state index is 11.7. The highest BCUT2D eigenvalue weighted by molar-refractivity contribution is 9.10. The lowest BCUT2D eigenvalue weighted by Crippen LogP contribution is -2.24. The van der Waals surface area contributed by atoms with Crippen LogP contribution in [0.3, 0.4) is 0 Å². The van der Waals surface area contributed by atoms with Crippen molar-refractivity contribution in [3.63, 3.8) is 0 Å². The van der Waals surface area contributed by atoms with Gasteiger partial charge in [-0.25, -0.2) is 5.43 Å². The van der Waals surface area contributed by atoms with E-state index in [0.717, 1.165) is 10.0 Å². The van der Waals surface area contributed by atoms with Crippen LogP contribution in [0.2, 0.25) is 5.02 Å². The van der Waals surface area contributed by atoms with Crippen molar-refractivity contribution in [1.29, 1.82) is 0 Å². The van der Waals surface area contributed by atoms with E-state index in [1.54, 1.807) is 30.3 Å². The number of phenols is 1. The van der Waals surface area contributed by atoms with E-state index in [2.05, 4.69) is 26.5 Å². The number of benzene rings is 2. The van der Waals surface area contributed by atoms with E-state index >= 15 is 0 Å². The molecule has 23 heavy (non-hydrogen) atoms. The summed E-state index contributed by atoms with van der Waals surface area (Å²) < 4.78 is 6.19. The van der Waals surface area contributed by atoms with Crippen LogP contribution in [-0.4, -0.2) is 23.8 Å². The first kappa shape index (κ1) is 17.3. The number of rotatable bonds is 5. The molecule has 120 valence electrons. The van der Waals surface area contributed by atoms with Gasteiger partial charge in [-0.2, -0.15) is 5.10 Å². The lowest BCUT2D eigenvalue weighted by atomic mass is 10.2. The number of nitrogens with one attached hydrogen (secondary N) is 1. The first-order valence-electron chi connectivity index (χ1n) is 6.65. The molecule has 1 amide bonds. The van der Waals surface area contributed by atoms with Gasteiger partial charge in [0, 0.05) is 15.1 Å². The fourth-order valence-corrected chi connectivity index (χ4v) is 2.36. The summed E-state index contributed by atoms with van der Waals surface area (Å²) in [5.41, 5.74) is 3.65. The Kier molecular flexibility index (Phi) is 6.01. The Morgan fingerprint density at radius 2 is 2.17 bits per heavy atom. The number of aromatic hydroxyl groups is 1. The minimum Gasteiger partial charge on any atom is -0.507 e. The minimum atomic E-state index is -0.412. The monoisotopic (exact) mass is 396 g/mol. The summed E-state index contributed by atoms with van der Waals surface area (Å²) in [6.07, 6.45) is 1.35. The quantitative estimate of drug-likeness (QED) is 0.598. The lowest BCUT2D eigenvalue weighted by Gasteiger charge is -2.08. The summed E-state index contributed by atoms with van der Waals surface area (Å²) in [5, 5.41) is 14.0. The average molecular weight is 398 g/mol. The number of hydrogen-bond donors (Lipinski definition) is 2. The third-order valence-corrected chi connectivity index (χ3v) is 3.61. The van der Waals surface area contributed by atoms with Gasteiger partial charge < -0.3 is 9.84 Å². The molecular formula is C16H14BrClN2O3. The first-order valence-corrected chi connectivity index (χ1v) is 7.82. The molecular weight excluding hydrogens is 384 g/mol. The summed E-state index contributed by atoms with van der Waals surface area (Å²) in [4.78, 5) is 11.7. The van der Waals surface area contributed by atoms with Gasteiger partial charge in [-0.15, -0.1) is 0 Å². The number of phenolic OH excluding ortho intramolecular Hbond substituents is 1. The molecule has 0 spiro atoms. The number of ether oxygens (including phenoxy) is 1. The molecule has 0 saturated carbocycles. The van der Waals surface area contributed by atoms with Crippen molar-refractivity contribution in [1.82, 2.24) is 5.43 Å². The average Bonchev–Trinajstić information content (AvgIpc) is 2.50. The van der Waals surface area contributed by atoms with E-state index in [4.69, 9.17) is 16.3 Å². The van der Waals surface area contributed by atoms with Crippen LogP contribution in [0.1, 0.15) is 11.1 Å². The molecule has 2 N–H and O–H groups in total. The molecule has 0 aliphatic rings. The van der Waals surface area contributed by atoms with Crippen LogP contribution in [0.25, 0.3) is 0 Å². The Morgan fingerprint density at radius 3 is 2.91 bits per heavy atom. The third-order valence-electron chi connectivity index (χ3n) is 2.88. The smallest absolute Gasteiger partial charge is 0.277 e. The Hall–Kier alpha value is -2.05. The summed E-state index contributed by atoms with van der Waals surface area (Å²) >= 11 is 9.14. The number of hydrazone groups is 1. The van der Waals surface area contributed by atoms with Gasteiger partial charge in [0.2, 0.25) is 0 Å². The molecule has 0 radical (unpaired) electrons. The first-order chi connectivity index (χ1) is 11.0. The van der Waals surface area contributed by atoms with E-state index in [9.17, 15) is 9.90 Å². The van der Waals surface area contributed by atoms with Crippen LogP contribution in [-0.2, 0) is 4.79 Å². The topological polar surface area (TPSA) is 70.9 Å². The molecule has 2 aromatic carbocycles. The molecule has 0 atom stereocenters. The van der Waals surface area contributed by atoms with Gasteiger partial charge in [-0.3, -0.25) is 4.79 Å². The highest BCUT2D eigenvalue weighted by Crippen LogP contribution is 2.22. The number of hydrogen-bond acceptors (Lipinski definition) is 4. The predicted molar refractivity (Wildman–Crippen MR) is 93.2 cm³/mol. The maximum Gasteiger partial charge on any atom is 0.277 e. The fraction of sp³-hybridized carbons (Fsp3) is 0.125. The van der Waals surface area contributed by atoms with E-state index < -0.39 is 5.91 Å². The van der Waals surface area contributed by atoms with Crippen molar-refractivity contribution in [3.8, 4) is 11.5 Å². The fourth-order valence-electron chi connectivity index (χ4n) is 1.75. The molecule has 0 aliphatic heterocycles. The second kappa shape index (κ2) is 7.99. The van der Waals surface area contributed by atoms with Gasteiger partial charge >= 0.3 is 0 Å². The molecule has 2 aromatic rings. The second-order valence-corrected chi connectivity index (χ2v) is 6.05. The van der Waals surface area contributed by atoms with Crippen molar-refractivity contribution in [2.24, 2.45) is 5.10 Å². The van der Waals surface area contributed by atoms with Crippen molar-refractivity contribution < 1.29 is 14.6 Å². The molecule has 0 aromatic heterocycles. The number of carbonyl (C=O) groups excluding carboxylic acids is 1. The SMILES string of the molecule is Cc1cc(Cl)ccc1OCC(=O)N/N=C\c1cc(Br)ccc1O. The van der Waals surface area contributed by atoms with Gasteiger partial charge in [0.1, 0.15) is 11.5 Å². The highest BCUT2D eigenvalue weighted by atomic mass is 79.9. The van der Waals surface area contributed by atoms with Crippen LogP contribution in [0.4, 0.5) is 0 Å². The Morgan fingerprint density at radius 1 is 1.39 bits per heavy atom. The van der Waals surface area contributed by atoms with E-state index in [0.29, 0.717) is 16.3 Å². The number of aryl methyl sites for hydroxylation is 1. The van der Waals surface area contributed by atoms with E-state index in [1.807, 2.05) is 6.92 Å². The zero-order valence-electron chi connectivity index (χ0n) is 12.2. The van der Waals surface area contributed by atoms with Crippen LogP contribution in [0, 0.1) is 6.92 Å². The third kappa shape index (κ3) is 5.26. The molecule has 0 bridgehead atoms. The standard InChI is InChI=1S/C16H14BrClN2O3/c1-10-6-13(18)3-5-15(10)23-9-16(22)20-19-8-11-7-12(17)2-4-14(11)21/h2-8,21H,9H2,1H3,(H,20,22)/b19-8-. The Balaban J connectivity index is 1.87. The Bertz CT molecular complexity index is 750. The molecule has 0 heterocycles.